The number of hydrogen-bond donors (Lipinski definition) is 1. The first-order valence-corrected chi connectivity index (χ1v) is 6.92. The number of carbonyl (C=O) groups excluding carboxylic acids is 1. The molecule has 0 spiro atoms. The smallest absolute Gasteiger partial charge is 0.378 e. The van der Waals surface area contributed by atoms with Crippen LogP contribution in [0.2, 0.25) is 0 Å². The van der Waals surface area contributed by atoms with Crippen molar-refractivity contribution >= 4 is 5.97 Å². The number of esters is 1. The molecule has 0 aliphatic rings. The Kier molecular flexibility index (Phi) is 5.11. The Balaban J connectivity index is 2.08. The number of carbonyl (C=O) groups is 1. The van der Waals surface area contributed by atoms with Crippen LogP contribution in [-0.2, 0) is 11.3 Å². The Morgan fingerprint density at radius 3 is 2.77 bits per heavy atom. The fourth-order valence-corrected chi connectivity index (χ4v) is 1.96. The van der Waals surface area contributed by atoms with E-state index in [1.54, 1.807) is 33.1 Å². The average Bonchev–Trinajstić information content (AvgIpc) is 2.95. The van der Waals surface area contributed by atoms with Crippen molar-refractivity contribution < 1.29 is 19.4 Å². The highest BCUT2D eigenvalue weighted by Gasteiger charge is 2.17. The van der Waals surface area contributed by atoms with Crippen LogP contribution in [-0.4, -0.2) is 39.1 Å². The average molecular weight is 305 g/mol. The SMILES string of the molecule is COc1ccccc1[C@@H](O)Cn1cnc(C(=O)OC(C)C)n1. The van der Waals surface area contributed by atoms with E-state index in [9.17, 15) is 9.90 Å². The van der Waals surface area contributed by atoms with Crippen molar-refractivity contribution in [3.05, 3.63) is 42.0 Å². The number of benzene rings is 1. The monoisotopic (exact) mass is 305 g/mol. The molecule has 7 nitrogen and oxygen atoms in total. The molecule has 118 valence electrons. The summed E-state index contributed by atoms with van der Waals surface area (Å²) in [5.41, 5.74) is 0.645. The van der Waals surface area contributed by atoms with Gasteiger partial charge in [-0.15, -0.1) is 5.10 Å². The van der Waals surface area contributed by atoms with Crippen LogP contribution in [0.4, 0.5) is 0 Å². The van der Waals surface area contributed by atoms with E-state index >= 15 is 0 Å². The standard InChI is InChI=1S/C15H19N3O4/c1-10(2)22-15(20)14-16-9-18(17-14)8-12(19)11-6-4-5-7-13(11)21-3/h4-7,9-10,12,19H,8H2,1-3H3/t12-/m0/s1. The van der Waals surface area contributed by atoms with Gasteiger partial charge in [0.2, 0.25) is 0 Å². The van der Waals surface area contributed by atoms with Crippen LogP contribution in [0.3, 0.4) is 0 Å². The first-order valence-electron chi connectivity index (χ1n) is 6.92. The van der Waals surface area contributed by atoms with Crippen LogP contribution in [0.15, 0.2) is 30.6 Å². The number of rotatable bonds is 6. The second-order valence-corrected chi connectivity index (χ2v) is 5.00. The van der Waals surface area contributed by atoms with Gasteiger partial charge in [-0.25, -0.2) is 14.5 Å². The maximum absolute atomic E-state index is 11.7. The summed E-state index contributed by atoms with van der Waals surface area (Å²) in [5, 5.41) is 14.3. The van der Waals surface area contributed by atoms with Gasteiger partial charge in [-0.3, -0.25) is 0 Å². The Labute approximate surface area is 128 Å². The quantitative estimate of drug-likeness (QED) is 0.816. The number of aliphatic hydroxyl groups is 1. The van der Waals surface area contributed by atoms with Crippen LogP contribution in [0.25, 0.3) is 0 Å². The molecule has 1 aromatic carbocycles. The van der Waals surface area contributed by atoms with Crippen molar-refractivity contribution in [3.63, 3.8) is 0 Å². The fourth-order valence-electron chi connectivity index (χ4n) is 1.96. The molecule has 1 heterocycles. The number of nitrogens with zero attached hydrogens (tertiary/aromatic N) is 3. The minimum Gasteiger partial charge on any atom is -0.496 e. The van der Waals surface area contributed by atoms with Crippen LogP contribution in [0, 0.1) is 0 Å². The molecule has 0 amide bonds. The van der Waals surface area contributed by atoms with Gasteiger partial charge >= 0.3 is 5.97 Å². The summed E-state index contributed by atoms with van der Waals surface area (Å²) in [7, 11) is 1.54. The maximum Gasteiger partial charge on any atom is 0.378 e. The number of ether oxygens (including phenoxy) is 2. The second kappa shape index (κ2) is 7.04. The summed E-state index contributed by atoms with van der Waals surface area (Å²) in [6, 6.07) is 7.18. The molecule has 1 atom stereocenters. The Hall–Kier alpha value is -2.41. The number of aromatic nitrogens is 3. The lowest BCUT2D eigenvalue weighted by atomic mass is 10.1. The van der Waals surface area contributed by atoms with Gasteiger partial charge in [-0.05, 0) is 19.9 Å². The number of methoxy groups -OCH3 is 1. The van der Waals surface area contributed by atoms with Gasteiger partial charge in [0.1, 0.15) is 18.2 Å². The molecule has 0 fully saturated rings. The molecule has 0 aliphatic heterocycles. The highest BCUT2D eigenvalue weighted by molar-refractivity contribution is 5.84. The van der Waals surface area contributed by atoms with E-state index in [4.69, 9.17) is 9.47 Å². The van der Waals surface area contributed by atoms with Crippen LogP contribution >= 0.6 is 0 Å². The van der Waals surface area contributed by atoms with Gasteiger partial charge in [-0.2, -0.15) is 0 Å². The fraction of sp³-hybridized carbons (Fsp3) is 0.400. The van der Waals surface area contributed by atoms with Crippen LogP contribution in [0.5, 0.6) is 5.75 Å². The van der Waals surface area contributed by atoms with Gasteiger partial charge < -0.3 is 14.6 Å². The van der Waals surface area contributed by atoms with Crippen molar-refractivity contribution in [2.45, 2.75) is 32.6 Å². The van der Waals surface area contributed by atoms with E-state index < -0.39 is 12.1 Å². The molecule has 1 aromatic heterocycles. The zero-order valence-corrected chi connectivity index (χ0v) is 12.8. The van der Waals surface area contributed by atoms with Crippen molar-refractivity contribution in [2.24, 2.45) is 0 Å². The lowest BCUT2D eigenvalue weighted by Gasteiger charge is -2.14. The summed E-state index contributed by atoms with van der Waals surface area (Å²) in [4.78, 5) is 15.6. The maximum atomic E-state index is 11.7. The zero-order valence-electron chi connectivity index (χ0n) is 12.8. The number of hydrogen-bond acceptors (Lipinski definition) is 6. The summed E-state index contributed by atoms with van der Waals surface area (Å²) < 4.78 is 11.6. The van der Waals surface area contributed by atoms with E-state index in [0.717, 1.165) is 0 Å². The first-order chi connectivity index (χ1) is 10.5. The van der Waals surface area contributed by atoms with Crippen LogP contribution in [0.1, 0.15) is 36.1 Å². The van der Waals surface area contributed by atoms with Crippen LogP contribution < -0.4 is 4.74 Å². The summed E-state index contributed by atoms with van der Waals surface area (Å²) in [6.45, 7) is 3.66. The Bertz CT molecular complexity index is 639. The third-order valence-electron chi connectivity index (χ3n) is 2.92. The van der Waals surface area contributed by atoms with Gasteiger partial charge in [-0.1, -0.05) is 18.2 Å². The summed E-state index contributed by atoms with van der Waals surface area (Å²) in [5.74, 6) is -0.0176. The molecule has 0 saturated heterocycles. The Morgan fingerprint density at radius 2 is 2.09 bits per heavy atom. The largest absolute Gasteiger partial charge is 0.496 e. The molecule has 7 heteroatoms. The topological polar surface area (TPSA) is 86.5 Å². The first kappa shape index (κ1) is 16.0. The van der Waals surface area contributed by atoms with Crippen molar-refractivity contribution in [2.75, 3.05) is 7.11 Å². The van der Waals surface area contributed by atoms with E-state index in [0.29, 0.717) is 11.3 Å². The van der Waals surface area contributed by atoms with Gasteiger partial charge in [0.05, 0.1) is 19.8 Å². The highest BCUT2D eigenvalue weighted by Crippen LogP contribution is 2.25. The van der Waals surface area contributed by atoms with E-state index in [1.165, 1.54) is 11.0 Å². The molecule has 2 rings (SSSR count). The zero-order chi connectivity index (χ0) is 16.1. The summed E-state index contributed by atoms with van der Waals surface area (Å²) in [6.07, 6.45) is 0.320. The predicted octanol–water partition coefficient (Wildman–Crippen LogP) is 1.59. The number of para-hydroxylation sites is 1. The van der Waals surface area contributed by atoms with Gasteiger partial charge in [0.25, 0.3) is 5.82 Å². The van der Waals surface area contributed by atoms with E-state index in [1.807, 2.05) is 12.1 Å². The molecular formula is C15H19N3O4. The lowest BCUT2D eigenvalue weighted by Crippen LogP contribution is -2.15. The molecule has 22 heavy (non-hydrogen) atoms. The van der Waals surface area contributed by atoms with Crippen molar-refractivity contribution in [1.29, 1.82) is 0 Å². The Morgan fingerprint density at radius 1 is 1.36 bits per heavy atom. The highest BCUT2D eigenvalue weighted by atomic mass is 16.5. The molecule has 2 aromatic rings. The molecule has 0 radical (unpaired) electrons. The van der Waals surface area contributed by atoms with E-state index in [-0.39, 0.29) is 18.5 Å². The third kappa shape index (κ3) is 3.82. The molecule has 0 bridgehead atoms. The van der Waals surface area contributed by atoms with Gasteiger partial charge in [0.15, 0.2) is 0 Å². The minimum absolute atomic E-state index is 0.0269. The third-order valence-corrected chi connectivity index (χ3v) is 2.92. The van der Waals surface area contributed by atoms with E-state index in [2.05, 4.69) is 10.1 Å². The predicted molar refractivity (Wildman–Crippen MR) is 78.5 cm³/mol. The minimum atomic E-state index is -0.827. The number of aliphatic hydroxyl groups excluding tert-OH is 1. The van der Waals surface area contributed by atoms with Crippen molar-refractivity contribution in [3.8, 4) is 5.75 Å². The summed E-state index contributed by atoms with van der Waals surface area (Å²) >= 11 is 0. The molecule has 0 unspecified atom stereocenters. The molecule has 0 aliphatic carbocycles. The molecule has 1 N–H and O–H groups in total. The second-order valence-electron chi connectivity index (χ2n) is 5.00. The normalized spacial score (nSPS) is 12.2. The van der Waals surface area contributed by atoms with Gasteiger partial charge in [0, 0.05) is 5.56 Å². The molecule has 0 saturated carbocycles. The van der Waals surface area contributed by atoms with Crippen molar-refractivity contribution in [1.82, 2.24) is 14.8 Å². The molecular weight excluding hydrogens is 286 g/mol. The lowest BCUT2D eigenvalue weighted by molar-refractivity contribution is 0.0362.